The molecule has 28 heavy (non-hydrogen) atoms. The number of carbonyl (C=O) groups excluding carboxylic acids is 1. The summed E-state index contributed by atoms with van der Waals surface area (Å²) >= 11 is 0. The predicted octanol–water partition coefficient (Wildman–Crippen LogP) is 3.98. The maximum absolute atomic E-state index is 12.5. The lowest BCUT2D eigenvalue weighted by atomic mass is 9.93. The van der Waals surface area contributed by atoms with E-state index in [9.17, 15) is 9.18 Å². The monoisotopic (exact) mass is 386 g/mol. The minimum Gasteiger partial charge on any atom is -0.408 e. The number of anilines is 1. The van der Waals surface area contributed by atoms with Gasteiger partial charge >= 0.3 is 6.01 Å². The molecule has 2 saturated carbocycles. The molecule has 1 N–H and O–H groups in total. The fraction of sp³-hybridized carbons (Fsp3) is 0.571. The quantitative estimate of drug-likeness (QED) is 0.861. The molecule has 7 heteroatoms. The zero-order chi connectivity index (χ0) is 19.6. The highest BCUT2D eigenvalue weighted by atomic mass is 19.1. The molecule has 1 aliphatic heterocycles. The number of hydrogen-bond acceptors (Lipinski definition) is 5. The van der Waals surface area contributed by atoms with Crippen molar-refractivity contribution in [3.05, 3.63) is 42.0 Å². The largest absolute Gasteiger partial charge is 0.408 e. The van der Waals surface area contributed by atoms with Crippen LogP contribution in [0.5, 0.6) is 0 Å². The topological polar surface area (TPSA) is 71.3 Å². The van der Waals surface area contributed by atoms with Crippen LogP contribution in [0.1, 0.15) is 57.3 Å². The first-order valence-corrected chi connectivity index (χ1v) is 10.1. The summed E-state index contributed by atoms with van der Waals surface area (Å²) in [6.45, 7) is 3.65. The fourth-order valence-electron chi connectivity index (χ4n) is 3.60. The van der Waals surface area contributed by atoms with E-state index in [4.69, 9.17) is 4.42 Å². The van der Waals surface area contributed by atoms with Crippen LogP contribution in [0.15, 0.2) is 34.7 Å². The first-order valence-electron chi connectivity index (χ1n) is 10.1. The second kappa shape index (κ2) is 7.89. The number of amides is 1. The van der Waals surface area contributed by atoms with Gasteiger partial charge in [0.05, 0.1) is 0 Å². The normalized spacial score (nSPS) is 20.9. The van der Waals surface area contributed by atoms with Gasteiger partial charge in [0, 0.05) is 19.0 Å². The van der Waals surface area contributed by atoms with E-state index in [0.29, 0.717) is 23.2 Å². The number of likely N-dealkylation sites (tertiary alicyclic amines) is 1. The number of carbonyl (C=O) groups is 1. The van der Waals surface area contributed by atoms with Gasteiger partial charge in [0.1, 0.15) is 11.9 Å². The number of halogens is 1. The molecule has 2 aromatic rings. The van der Waals surface area contributed by atoms with Gasteiger partial charge in [0.25, 0.3) is 0 Å². The van der Waals surface area contributed by atoms with Crippen molar-refractivity contribution in [2.75, 3.05) is 18.4 Å². The lowest BCUT2D eigenvalue weighted by Crippen LogP contribution is -2.45. The Morgan fingerprint density at radius 2 is 1.86 bits per heavy atom. The van der Waals surface area contributed by atoms with E-state index in [1.807, 2.05) is 11.8 Å². The van der Waals surface area contributed by atoms with Gasteiger partial charge < -0.3 is 14.6 Å². The average molecular weight is 386 g/mol. The smallest absolute Gasteiger partial charge is 0.316 e. The molecular weight excluding hydrogens is 359 g/mol. The highest BCUT2D eigenvalue weighted by Crippen LogP contribution is 2.53. The van der Waals surface area contributed by atoms with Gasteiger partial charge in [0.15, 0.2) is 0 Å². The minimum atomic E-state index is -0.314. The maximum atomic E-state index is 12.5. The number of benzene rings is 1. The number of piperidine rings is 1. The maximum Gasteiger partial charge on any atom is 0.316 e. The fourth-order valence-corrected chi connectivity index (χ4v) is 3.60. The van der Waals surface area contributed by atoms with E-state index in [1.165, 1.54) is 25.0 Å². The second-order valence-corrected chi connectivity index (χ2v) is 8.21. The first kappa shape index (κ1) is 18.9. The van der Waals surface area contributed by atoms with Crippen LogP contribution in [0.2, 0.25) is 0 Å². The summed E-state index contributed by atoms with van der Waals surface area (Å²) in [7, 11) is 0. The summed E-state index contributed by atoms with van der Waals surface area (Å²) in [6, 6.07) is 7.99. The van der Waals surface area contributed by atoms with Crippen molar-refractivity contribution >= 4 is 11.9 Å². The molecular formula is C21H27FN4O2. The van der Waals surface area contributed by atoms with Gasteiger partial charge in [-0.05, 0) is 63.0 Å². The zero-order valence-electron chi connectivity index (χ0n) is 16.2. The Morgan fingerprint density at radius 3 is 2.39 bits per heavy atom. The first-order chi connectivity index (χ1) is 13.5. The van der Waals surface area contributed by atoms with Gasteiger partial charge in [-0.2, -0.15) is 0 Å². The average Bonchev–Trinajstić information content (AvgIpc) is 3.64. The Morgan fingerprint density at radius 1 is 1.18 bits per heavy atom. The van der Waals surface area contributed by atoms with Crippen LogP contribution in [-0.2, 0) is 4.79 Å². The van der Waals surface area contributed by atoms with Gasteiger partial charge in [-0.1, -0.05) is 23.3 Å². The molecule has 1 amide bonds. The molecule has 150 valence electrons. The van der Waals surface area contributed by atoms with Crippen LogP contribution in [0.25, 0.3) is 0 Å². The van der Waals surface area contributed by atoms with Crippen LogP contribution < -0.4 is 5.32 Å². The van der Waals surface area contributed by atoms with E-state index >= 15 is 0 Å². The molecule has 0 bridgehead atoms. The molecule has 3 fully saturated rings. The minimum absolute atomic E-state index is 0.136. The van der Waals surface area contributed by atoms with Crippen molar-refractivity contribution in [3.63, 3.8) is 0 Å². The molecule has 1 spiro atoms. The SMILES string of the molecule is CC(Nc1nnc(C2CC2)o1)C(=O)N1CCC2(CC1)CC2.Fc1ccccc1. The zero-order valence-corrected chi connectivity index (χ0v) is 16.2. The molecule has 2 aliphatic carbocycles. The third-order valence-electron chi connectivity index (χ3n) is 5.90. The number of hydrogen-bond donors (Lipinski definition) is 1. The number of nitrogens with zero attached hydrogens (tertiary/aromatic N) is 3. The van der Waals surface area contributed by atoms with Crippen LogP contribution in [-0.4, -0.2) is 40.1 Å². The summed E-state index contributed by atoms with van der Waals surface area (Å²) in [5.74, 6) is 1.10. The summed E-state index contributed by atoms with van der Waals surface area (Å²) in [6.07, 6.45) is 7.30. The van der Waals surface area contributed by atoms with E-state index < -0.39 is 0 Å². The Kier molecular flexibility index (Phi) is 5.33. The molecule has 5 rings (SSSR count). The summed E-state index contributed by atoms with van der Waals surface area (Å²) in [4.78, 5) is 14.4. The second-order valence-electron chi connectivity index (χ2n) is 8.21. The van der Waals surface area contributed by atoms with Crippen molar-refractivity contribution in [1.29, 1.82) is 0 Å². The van der Waals surface area contributed by atoms with E-state index in [-0.39, 0.29) is 17.8 Å². The van der Waals surface area contributed by atoms with Crippen LogP contribution in [0, 0.1) is 11.2 Å². The van der Waals surface area contributed by atoms with Crippen LogP contribution in [0.4, 0.5) is 10.4 Å². The third kappa shape index (κ3) is 4.69. The summed E-state index contributed by atoms with van der Waals surface area (Å²) < 4.78 is 17.5. The van der Waals surface area contributed by atoms with Gasteiger partial charge in [-0.25, -0.2) is 4.39 Å². The molecule has 1 aromatic heterocycles. The van der Waals surface area contributed by atoms with E-state index in [2.05, 4.69) is 15.5 Å². The molecule has 1 saturated heterocycles. The molecule has 3 aliphatic rings. The molecule has 1 aromatic carbocycles. The molecule has 1 unspecified atom stereocenters. The van der Waals surface area contributed by atoms with Crippen LogP contribution in [0.3, 0.4) is 0 Å². The molecule has 1 atom stereocenters. The van der Waals surface area contributed by atoms with E-state index in [0.717, 1.165) is 38.8 Å². The highest BCUT2D eigenvalue weighted by molar-refractivity contribution is 5.83. The lowest BCUT2D eigenvalue weighted by molar-refractivity contribution is -0.133. The van der Waals surface area contributed by atoms with Crippen molar-refractivity contribution in [3.8, 4) is 0 Å². The van der Waals surface area contributed by atoms with Crippen molar-refractivity contribution in [2.24, 2.45) is 5.41 Å². The Bertz CT molecular complexity index is 792. The third-order valence-corrected chi connectivity index (χ3v) is 5.90. The van der Waals surface area contributed by atoms with Crippen molar-refractivity contribution < 1.29 is 13.6 Å². The Labute approximate surface area is 164 Å². The Hall–Kier alpha value is -2.44. The standard InChI is InChI=1S/C15H22N4O2.C6H5F/c1-10(16-14-18-17-12(21-14)11-2-3-11)13(20)19-8-6-15(4-5-15)7-9-19;7-6-4-2-1-3-5-6/h10-11H,2-9H2,1H3,(H,16,18);1-5H. The highest BCUT2D eigenvalue weighted by Gasteiger charge is 2.45. The Balaban J connectivity index is 0.000000233. The summed E-state index contributed by atoms with van der Waals surface area (Å²) in [5.41, 5.74) is 0.596. The number of aromatic nitrogens is 2. The molecule has 6 nitrogen and oxygen atoms in total. The molecule has 0 radical (unpaired) electrons. The van der Waals surface area contributed by atoms with Gasteiger partial charge in [-0.3, -0.25) is 4.79 Å². The lowest BCUT2D eigenvalue weighted by Gasteiger charge is -2.33. The van der Waals surface area contributed by atoms with Gasteiger partial charge in [0.2, 0.25) is 11.8 Å². The predicted molar refractivity (Wildman–Crippen MR) is 103 cm³/mol. The van der Waals surface area contributed by atoms with E-state index in [1.54, 1.807) is 18.2 Å². The number of rotatable bonds is 4. The summed E-state index contributed by atoms with van der Waals surface area (Å²) in [5, 5.41) is 11.1. The van der Waals surface area contributed by atoms with Crippen LogP contribution >= 0.6 is 0 Å². The van der Waals surface area contributed by atoms with Crippen molar-refractivity contribution in [2.45, 2.75) is 57.4 Å². The van der Waals surface area contributed by atoms with Gasteiger partial charge in [-0.15, -0.1) is 5.10 Å². The molecule has 2 heterocycles. The number of nitrogens with one attached hydrogen (secondary N) is 1. The van der Waals surface area contributed by atoms with Crippen molar-refractivity contribution in [1.82, 2.24) is 15.1 Å².